The Bertz CT molecular complexity index is 803. The monoisotopic (exact) mass is 412 g/mol. The van der Waals surface area contributed by atoms with Gasteiger partial charge >= 0.3 is 6.18 Å². The van der Waals surface area contributed by atoms with Crippen molar-refractivity contribution < 1.29 is 22.5 Å². The first-order valence-corrected chi connectivity index (χ1v) is 9.35. The topological polar surface area (TPSA) is 84.4 Å². The maximum Gasteiger partial charge on any atom is 0.416 e. The average molecular weight is 412 g/mol. The van der Waals surface area contributed by atoms with Crippen molar-refractivity contribution in [2.45, 2.75) is 57.7 Å². The van der Waals surface area contributed by atoms with Gasteiger partial charge in [-0.25, -0.2) is 0 Å². The minimum Gasteiger partial charge on any atom is -0.385 e. The summed E-state index contributed by atoms with van der Waals surface area (Å²) < 4.78 is 43.8. The molecule has 160 valence electrons. The molecule has 0 aromatic carbocycles. The Morgan fingerprint density at radius 1 is 1.34 bits per heavy atom. The summed E-state index contributed by atoms with van der Waals surface area (Å²) in [5, 5.41) is 6.58. The van der Waals surface area contributed by atoms with Crippen molar-refractivity contribution in [3.63, 3.8) is 0 Å². The number of nitrogens with one attached hydrogen (secondary N) is 1. The lowest BCUT2D eigenvalue weighted by Gasteiger charge is -2.36. The highest BCUT2D eigenvalue weighted by Crippen LogP contribution is 2.28. The van der Waals surface area contributed by atoms with Crippen LogP contribution in [-0.4, -0.2) is 34.7 Å². The summed E-state index contributed by atoms with van der Waals surface area (Å²) in [5.41, 5.74) is 4.84. The van der Waals surface area contributed by atoms with Crippen LogP contribution in [-0.2, 0) is 10.2 Å². The summed E-state index contributed by atoms with van der Waals surface area (Å²) >= 11 is 0. The summed E-state index contributed by atoms with van der Waals surface area (Å²) in [6.07, 6.45) is 0.346. The van der Waals surface area contributed by atoms with E-state index in [0.717, 1.165) is 31.1 Å². The highest BCUT2D eigenvalue weighted by atomic mass is 19.4. The van der Waals surface area contributed by atoms with Crippen LogP contribution in [0.1, 0.15) is 45.8 Å². The molecular formula is C20H27F3N4O2. The number of nitrogens with zero attached hydrogens (tertiary/aromatic N) is 2. The fourth-order valence-electron chi connectivity index (χ4n) is 2.96. The van der Waals surface area contributed by atoms with E-state index in [9.17, 15) is 18.0 Å². The minimum absolute atomic E-state index is 0.0870. The maximum absolute atomic E-state index is 12.8. The predicted molar refractivity (Wildman–Crippen MR) is 105 cm³/mol. The van der Waals surface area contributed by atoms with Gasteiger partial charge in [-0.15, -0.1) is 0 Å². The molecular weight excluding hydrogens is 385 g/mol. The van der Waals surface area contributed by atoms with Gasteiger partial charge in [-0.2, -0.15) is 13.2 Å². The highest BCUT2D eigenvalue weighted by Gasteiger charge is 2.32. The lowest BCUT2D eigenvalue weighted by atomic mass is 9.93. The van der Waals surface area contributed by atoms with Gasteiger partial charge in [-0.1, -0.05) is 38.6 Å². The number of rotatable bonds is 5. The van der Waals surface area contributed by atoms with Crippen LogP contribution in [0.15, 0.2) is 46.8 Å². The molecule has 0 bridgehead atoms. The second-order valence-corrected chi connectivity index (χ2v) is 7.94. The van der Waals surface area contributed by atoms with E-state index < -0.39 is 17.8 Å². The van der Waals surface area contributed by atoms with Gasteiger partial charge in [-0.05, 0) is 31.4 Å². The van der Waals surface area contributed by atoms with Crippen LogP contribution in [0.2, 0.25) is 0 Å². The van der Waals surface area contributed by atoms with Crippen LogP contribution in [0.25, 0.3) is 0 Å². The van der Waals surface area contributed by atoms with Gasteiger partial charge in [0.25, 0.3) is 0 Å². The molecule has 29 heavy (non-hydrogen) atoms. The number of halogens is 3. The molecule has 1 fully saturated rings. The molecule has 6 nitrogen and oxygen atoms in total. The molecule has 1 aliphatic rings. The fourth-order valence-corrected chi connectivity index (χ4v) is 2.96. The summed E-state index contributed by atoms with van der Waals surface area (Å²) in [4.78, 5) is 14.4. The molecule has 1 aromatic rings. The van der Waals surface area contributed by atoms with E-state index in [1.165, 1.54) is 0 Å². The maximum atomic E-state index is 12.8. The molecule has 1 atom stereocenters. The Labute approximate surface area is 168 Å². The van der Waals surface area contributed by atoms with E-state index in [2.05, 4.69) is 17.1 Å². The lowest BCUT2D eigenvalue weighted by molar-refractivity contribution is -0.121. The van der Waals surface area contributed by atoms with Crippen LogP contribution in [0, 0.1) is 0 Å². The number of amides is 1. The van der Waals surface area contributed by atoms with Crippen molar-refractivity contribution in [2.24, 2.45) is 5.73 Å². The van der Waals surface area contributed by atoms with E-state index in [-0.39, 0.29) is 17.1 Å². The van der Waals surface area contributed by atoms with Crippen LogP contribution in [0.5, 0.6) is 0 Å². The normalized spacial score (nSPS) is 19.2. The molecule has 1 saturated heterocycles. The van der Waals surface area contributed by atoms with Crippen LogP contribution in [0.4, 0.5) is 19.0 Å². The standard InChI is InChI=1S/C20H27F3N4O2/c1-5-13(20(21,22)23)9-10-16(24)27-11-7-6-8-14(27)18(28)25-17-12-15(29-26-17)19(2,3)4/h5,9-10,12,14H,1,6-8,11,24H2,2-4H3,(H,25,26,28)/b13-9+,16-10+/t14-/m0/s1. The Morgan fingerprint density at radius 3 is 2.59 bits per heavy atom. The minimum atomic E-state index is -4.52. The first-order valence-electron chi connectivity index (χ1n) is 9.35. The van der Waals surface area contributed by atoms with Gasteiger partial charge in [0.05, 0.1) is 11.4 Å². The zero-order valence-electron chi connectivity index (χ0n) is 16.8. The Morgan fingerprint density at radius 2 is 2.03 bits per heavy atom. The largest absolute Gasteiger partial charge is 0.416 e. The smallest absolute Gasteiger partial charge is 0.385 e. The SMILES string of the molecule is C=C/C(=C\C=C(/N)N1CCCC[C@H]1C(=O)Nc1cc(C(C)(C)C)on1)C(F)(F)F. The zero-order chi connectivity index (χ0) is 21.8. The van der Waals surface area contributed by atoms with Crippen LogP contribution in [0.3, 0.4) is 0 Å². The molecule has 3 N–H and O–H groups in total. The molecule has 2 heterocycles. The number of alkyl halides is 3. The van der Waals surface area contributed by atoms with Crippen molar-refractivity contribution in [3.8, 4) is 0 Å². The van der Waals surface area contributed by atoms with Crippen LogP contribution >= 0.6 is 0 Å². The average Bonchev–Trinajstić information content (AvgIpc) is 3.09. The van der Waals surface area contributed by atoms with Gasteiger partial charge in [-0.3, -0.25) is 4.79 Å². The number of nitrogens with two attached hydrogens (primary N) is 1. The predicted octanol–water partition coefficient (Wildman–Crippen LogP) is 4.24. The Hall–Kier alpha value is -2.71. The van der Waals surface area contributed by atoms with Crippen molar-refractivity contribution in [2.75, 3.05) is 11.9 Å². The first kappa shape index (κ1) is 22.6. The number of likely N-dealkylation sites (tertiary alicyclic amines) is 1. The molecule has 9 heteroatoms. The van der Waals surface area contributed by atoms with E-state index in [1.54, 1.807) is 11.0 Å². The third-order valence-corrected chi connectivity index (χ3v) is 4.62. The third kappa shape index (κ3) is 5.88. The van der Waals surface area contributed by atoms with E-state index >= 15 is 0 Å². The number of carbonyl (C=O) groups is 1. The van der Waals surface area contributed by atoms with Crippen molar-refractivity contribution in [1.82, 2.24) is 10.1 Å². The molecule has 0 radical (unpaired) electrons. The van der Waals surface area contributed by atoms with Gasteiger partial charge in [0.2, 0.25) is 5.91 Å². The van der Waals surface area contributed by atoms with Gasteiger partial charge in [0.15, 0.2) is 5.82 Å². The van der Waals surface area contributed by atoms with E-state index in [0.29, 0.717) is 24.5 Å². The van der Waals surface area contributed by atoms with Crippen molar-refractivity contribution >= 4 is 11.7 Å². The second-order valence-electron chi connectivity index (χ2n) is 7.94. The van der Waals surface area contributed by atoms with Crippen LogP contribution < -0.4 is 11.1 Å². The number of hydrogen-bond acceptors (Lipinski definition) is 5. The Balaban J connectivity index is 2.17. The molecule has 1 amide bonds. The third-order valence-electron chi connectivity index (χ3n) is 4.62. The molecule has 2 rings (SSSR count). The summed E-state index contributed by atoms with van der Waals surface area (Å²) in [6.45, 7) is 9.52. The molecule has 1 aromatic heterocycles. The van der Waals surface area contributed by atoms with Crippen molar-refractivity contribution in [3.05, 3.63) is 48.0 Å². The summed E-state index contributed by atoms with van der Waals surface area (Å²) in [6, 6.07) is 1.05. The second kappa shape index (κ2) is 8.75. The fraction of sp³-hybridized carbons (Fsp3) is 0.500. The zero-order valence-corrected chi connectivity index (χ0v) is 16.8. The highest BCUT2D eigenvalue weighted by molar-refractivity contribution is 5.94. The number of piperidine rings is 1. The summed E-state index contributed by atoms with van der Waals surface area (Å²) in [5.74, 6) is 0.670. The van der Waals surface area contributed by atoms with Gasteiger partial charge in [0, 0.05) is 18.0 Å². The molecule has 0 aliphatic carbocycles. The first-order chi connectivity index (χ1) is 13.4. The van der Waals surface area contributed by atoms with E-state index in [1.807, 2.05) is 20.8 Å². The number of carbonyl (C=O) groups excluding carboxylic acids is 1. The number of allylic oxidation sites excluding steroid dienone is 4. The number of aromatic nitrogens is 1. The molecule has 0 spiro atoms. The lowest BCUT2D eigenvalue weighted by Crippen LogP contribution is -2.48. The number of anilines is 1. The van der Waals surface area contributed by atoms with Gasteiger partial charge < -0.3 is 20.5 Å². The summed E-state index contributed by atoms with van der Waals surface area (Å²) in [7, 11) is 0. The van der Waals surface area contributed by atoms with E-state index in [4.69, 9.17) is 10.3 Å². The molecule has 1 aliphatic heterocycles. The quantitative estimate of drug-likeness (QED) is 0.707. The molecule has 0 saturated carbocycles. The van der Waals surface area contributed by atoms with Crippen molar-refractivity contribution in [1.29, 1.82) is 0 Å². The Kier molecular flexibility index (Phi) is 6.81. The van der Waals surface area contributed by atoms with Gasteiger partial charge in [0.1, 0.15) is 11.8 Å². The molecule has 0 unspecified atom stereocenters. The number of hydrogen-bond donors (Lipinski definition) is 2.